The predicted octanol–water partition coefficient (Wildman–Crippen LogP) is 1.95. The average Bonchev–Trinajstić information content (AvgIpc) is 2.28. The van der Waals surface area contributed by atoms with Crippen molar-refractivity contribution < 1.29 is 45.8 Å². The standard InChI is InChI=1S/C5H5.2C3H6ClO.La/c1-2-4-5-3-1;2*1-3(2,4)5;/h1-3H,4H2;2*1-2H3;/q3*-1;+3. The van der Waals surface area contributed by atoms with E-state index in [1.54, 1.807) is 0 Å². The van der Waals surface area contributed by atoms with Crippen LogP contribution in [0.4, 0.5) is 0 Å². The molecule has 0 heterocycles. The summed E-state index contributed by atoms with van der Waals surface area (Å²) in [5.41, 5.74) is 0. The van der Waals surface area contributed by atoms with Crippen LogP contribution >= 0.6 is 23.2 Å². The van der Waals surface area contributed by atoms with Crippen LogP contribution in [0.1, 0.15) is 34.1 Å². The second-order valence-corrected chi connectivity index (χ2v) is 5.55. The summed E-state index contributed by atoms with van der Waals surface area (Å²) in [7, 11) is 0. The van der Waals surface area contributed by atoms with Gasteiger partial charge >= 0.3 is 35.6 Å². The summed E-state index contributed by atoms with van der Waals surface area (Å²) in [5, 5.41) is 17.2. The molecular weight excluding hydrogens is 374 g/mol. The van der Waals surface area contributed by atoms with Gasteiger partial charge < -0.3 is 10.2 Å². The van der Waals surface area contributed by atoms with E-state index in [4.69, 9.17) is 23.2 Å². The van der Waals surface area contributed by atoms with E-state index in [0.29, 0.717) is 0 Å². The normalized spacial score (nSPS) is 13.0. The van der Waals surface area contributed by atoms with Crippen LogP contribution < -0.4 is 10.2 Å². The first-order valence-electron chi connectivity index (χ1n) is 4.50. The summed E-state index contributed by atoms with van der Waals surface area (Å²) in [6.07, 6.45) is 10.0. The van der Waals surface area contributed by atoms with E-state index in [1.807, 2.05) is 12.2 Å². The molecule has 0 spiro atoms. The maximum atomic E-state index is 9.87. The Bertz CT molecular complexity index is 169. The number of alkyl halides is 2. The van der Waals surface area contributed by atoms with Gasteiger partial charge in [-0.1, -0.05) is 27.7 Å². The second-order valence-electron chi connectivity index (χ2n) is 3.73. The minimum atomic E-state index is -1.28. The van der Waals surface area contributed by atoms with Gasteiger partial charge in [-0.05, 0) is 10.1 Å². The molecule has 1 aliphatic rings. The van der Waals surface area contributed by atoms with Crippen molar-refractivity contribution in [1.29, 1.82) is 0 Å². The minimum absolute atomic E-state index is 0. The fourth-order valence-electron chi connectivity index (χ4n) is 0.340. The Morgan fingerprint density at radius 2 is 1.38 bits per heavy atom. The second kappa shape index (κ2) is 11.3. The van der Waals surface area contributed by atoms with Gasteiger partial charge in [0.2, 0.25) is 0 Å². The molecule has 0 aliphatic heterocycles. The van der Waals surface area contributed by atoms with Gasteiger partial charge in [0.15, 0.2) is 0 Å². The van der Waals surface area contributed by atoms with Crippen LogP contribution in [0.3, 0.4) is 0 Å². The molecule has 0 fully saturated rings. The van der Waals surface area contributed by atoms with Gasteiger partial charge in [0.25, 0.3) is 0 Å². The zero-order valence-corrected chi connectivity index (χ0v) is 15.2. The van der Waals surface area contributed by atoms with Gasteiger partial charge in [-0.15, -0.1) is 29.6 Å². The van der Waals surface area contributed by atoms with E-state index in [2.05, 4.69) is 12.2 Å². The average molecular weight is 391 g/mol. The third-order valence-corrected chi connectivity index (χ3v) is 0.586. The SMILES string of the molecule is CC(C)([O-])Cl.CC(C)([O-])Cl.[C-]1=CC=CC1.[La+3]. The van der Waals surface area contributed by atoms with E-state index < -0.39 is 10.1 Å². The summed E-state index contributed by atoms with van der Waals surface area (Å²) in [6.45, 7) is 5.59. The molecule has 0 N–H and O–H groups in total. The van der Waals surface area contributed by atoms with E-state index in [0.717, 1.165) is 6.42 Å². The van der Waals surface area contributed by atoms with Gasteiger partial charge in [-0.25, -0.2) is 12.2 Å². The Hall–Kier alpha value is 1.17. The number of hydrogen-bond donors (Lipinski definition) is 0. The fourth-order valence-corrected chi connectivity index (χ4v) is 0.340. The molecule has 0 atom stereocenters. The molecule has 1 rings (SSSR count). The maximum absolute atomic E-state index is 9.87. The zero-order valence-electron chi connectivity index (χ0n) is 10.1. The van der Waals surface area contributed by atoms with Gasteiger partial charge in [-0.2, -0.15) is 6.08 Å². The van der Waals surface area contributed by atoms with Gasteiger partial charge in [0, 0.05) is 0 Å². The monoisotopic (exact) mass is 390 g/mol. The number of hydrogen-bond acceptors (Lipinski definition) is 2. The topological polar surface area (TPSA) is 46.1 Å². The van der Waals surface area contributed by atoms with Crippen molar-refractivity contribution >= 4 is 23.2 Å². The molecule has 1 aliphatic carbocycles. The summed E-state index contributed by atoms with van der Waals surface area (Å²) in [4.78, 5) is 0. The molecule has 0 saturated carbocycles. The van der Waals surface area contributed by atoms with Crippen molar-refractivity contribution in [2.75, 3.05) is 0 Å². The van der Waals surface area contributed by atoms with Crippen molar-refractivity contribution in [2.45, 2.75) is 44.2 Å². The van der Waals surface area contributed by atoms with E-state index in [-0.39, 0.29) is 35.6 Å². The third-order valence-electron chi connectivity index (χ3n) is 0.586. The molecule has 0 bridgehead atoms. The van der Waals surface area contributed by atoms with Crippen LogP contribution in [0.25, 0.3) is 0 Å². The van der Waals surface area contributed by atoms with Crippen molar-refractivity contribution in [3.63, 3.8) is 0 Å². The van der Waals surface area contributed by atoms with Crippen LogP contribution in [-0.4, -0.2) is 10.1 Å². The largest absolute Gasteiger partial charge is 3.00 e. The molecular formula is C11H17Cl2LaO2. The van der Waals surface area contributed by atoms with Crippen molar-refractivity contribution in [2.24, 2.45) is 0 Å². The Morgan fingerprint density at radius 3 is 1.44 bits per heavy atom. The first-order chi connectivity index (χ1) is 6.50. The molecule has 0 saturated heterocycles. The zero-order chi connectivity index (χ0) is 12.5. The quantitative estimate of drug-likeness (QED) is 0.468. The molecule has 0 unspecified atom stereocenters. The first-order valence-corrected chi connectivity index (χ1v) is 5.26. The minimum Gasteiger partial charge on any atom is -0.838 e. The smallest absolute Gasteiger partial charge is 0.838 e. The maximum Gasteiger partial charge on any atom is 3.00 e. The fraction of sp³-hybridized carbons (Fsp3) is 0.636. The van der Waals surface area contributed by atoms with Crippen molar-refractivity contribution in [1.82, 2.24) is 0 Å². The first kappa shape index (κ1) is 22.4. The Kier molecular flexibility index (Phi) is 15.8. The molecule has 0 aromatic rings. The molecule has 0 aromatic heterocycles. The summed E-state index contributed by atoms with van der Waals surface area (Å²) < 4.78 is 0. The molecule has 0 amide bonds. The summed E-state index contributed by atoms with van der Waals surface area (Å²) in [6, 6.07) is 0. The summed E-state index contributed by atoms with van der Waals surface area (Å²) >= 11 is 9.95. The van der Waals surface area contributed by atoms with Gasteiger partial charge in [-0.3, -0.25) is 6.08 Å². The number of halogens is 2. The Morgan fingerprint density at radius 1 is 1.06 bits per heavy atom. The number of allylic oxidation sites excluding steroid dienone is 4. The van der Waals surface area contributed by atoms with Crippen LogP contribution in [0.5, 0.6) is 0 Å². The Balaban J connectivity index is -0.000000154. The Labute approximate surface area is 136 Å². The molecule has 2 nitrogen and oxygen atoms in total. The van der Waals surface area contributed by atoms with E-state index >= 15 is 0 Å². The molecule has 0 radical (unpaired) electrons. The van der Waals surface area contributed by atoms with E-state index in [9.17, 15) is 10.2 Å². The van der Waals surface area contributed by atoms with Crippen molar-refractivity contribution in [3.8, 4) is 0 Å². The van der Waals surface area contributed by atoms with Gasteiger partial charge in [0.05, 0.1) is 0 Å². The molecule has 0 aromatic carbocycles. The molecule has 5 heteroatoms. The number of rotatable bonds is 0. The summed E-state index contributed by atoms with van der Waals surface area (Å²) in [5.74, 6) is 0. The molecule has 90 valence electrons. The van der Waals surface area contributed by atoms with Crippen LogP contribution in [0, 0.1) is 41.7 Å². The van der Waals surface area contributed by atoms with Crippen LogP contribution in [0.2, 0.25) is 0 Å². The van der Waals surface area contributed by atoms with Gasteiger partial charge in [0.1, 0.15) is 0 Å². The third kappa shape index (κ3) is 80.0. The predicted molar refractivity (Wildman–Crippen MR) is 61.4 cm³/mol. The van der Waals surface area contributed by atoms with E-state index in [1.165, 1.54) is 27.7 Å². The van der Waals surface area contributed by atoms with Crippen LogP contribution in [0.15, 0.2) is 18.2 Å². The van der Waals surface area contributed by atoms with Crippen molar-refractivity contribution in [3.05, 3.63) is 24.3 Å². The molecule has 16 heavy (non-hydrogen) atoms. The van der Waals surface area contributed by atoms with Crippen LogP contribution in [-0.2, 0) is 0 Å².